The third-order valence-corrected chi connectivity index (χ3v) is 6.33. The maximum Gasteiger partial charge on any atom is 4.00 e. The first kappa shape index (κ1) is 26.2. The van der Waals surface area contributed by atoms with E-state index in [4.69, 9.17) is 0 Å². The number of aryl methyl sites for hydroxylation is 1. The Kier molecular flexibility index (Phi) is 10.3. The van der Waals surface area contributed by atoms with Crippen LogP contribution in [-0.2, 0) is 45.1 Å². The molecule has 0 bridgehead atoms. The Morgan fingerprint density at radius 2 is 1.48 bits per heavy atom. The van der Waals surface area contributed by atoms with E-state index in [1.54, 1.807) is 16.7 Å². The summed E-state index contributed by atoms with van der Waals surface area (Å²) in [6.45, 7) is 13.2. The summed E-state index contributed by atoms with van der Waals surface area (Å²) < 4.78 is 0. The SMILES string of the molecule is CCC1=[C-]Cc2ccc3c(c21)CCC3.Cc1c(C)c(C)[c-](C)c1C.[CH3-].[CH3-].[Hf+4]. The minimum absolute atomic E-state index is 0. The van der Waals surface area contributed by atoms with Gasteiger partial charge < -0.3 is 14.9 Å². The molecule has 0 aliphatic heterocycles. The molecule has 0 saturated heterocycles. The van der Waals surface area contributed by atoms with Crippen molar-refractivity contribution in [1.29, 1.82) is 0 Å². The van der Waals surface area contributed by atoms with E-state index in [2.05, 4.69) is 59.8 Å². The number of fused-ring (bicyclic) bond motifs is 3. The van der Waals surface area contributed by atoms with Crippen molar-refractivity contribution in [2.45, 2.75) is 73.6 Å². The van der Waals surface area contributed by atoms with E-state index in [0.717, 1.165) is 12.8 Å². The van der Waals surface area contributed by atoms with Gasteiger partial charge in [0.25, 0.3) is 0 Å². The summed E-state index contributed by atoms with van der Waals surface area (Å²) >= 11 is 0. The molecule has 0 amide bonds. The number of benzene rings is 1. The summed E-state index contributed by atoms with van der Waals surface area (Å²) in [7, 11) is 0. The number of rotatable bonds is 1. The number of hydrogen-bond donors (Lipinski definition) is 0. The monoisotopic (exact) mass is 528 g/mol. The van der Waals surface area contributed by atoms with Gasteiger partial charge in [-0.3, -0.25) is 6.08 Å². The van der Waals surface area contributed by atoms with Crippen molar-refractivity contribution >= 4 is 5.57 Å². The Hall–Kier alpha value is -0.820. The molecule has 144 valence electrons. The van der Waals surface area contributed by atoms with Gasteiger partial charge in [0.1, 0.15) is 0 Å². The van der Waals surface area contributed by atoms with Gasteiger partial charge in [-0.05, 0) is 19.3 Å². The van der Waals surface area contributed by atoms with Crippen LogP contribution >= 0.6 is 0 Å². The molecule has 1 heteroatoms. The molecule has 0 N–H and O–H groups in total. The van der Waals surface area contributed by atoms with Crippen molar-refractivity contribution in [2.75, 3.05) is 0 Å². The van der Waals surface area contributed by atoms with Crippen molar-refractivity contribution in [1.82, 2.24) is 0 Å². The molecule has 0 heterocycles. The Balaban J connectivity index is 0.000000473. The average Bonchev–Trinajstić information content (AvgIpc) is 3.27. The Labute approximate surface area is 187 Å². The first-order chi connectivity index (χ1) is 11.5. The summed E-state index contributed by atoms with van der Waals surface area (Å²) in [5.41, 5.74) is 15.1. The van der Waals surface area contributed by atoms with Crippen molar-refractivity contribution in [3.8, 4) is 0 Å². The number of hydrogen-bond acceptors (Lipinski definition) is 0. The predicted molar refractivity (Wildman–Crippen MR) is 118 cm³/mol. The van der Waals surface area contributed by atoms with Crippen LogP contribution in [0.1, 0.15) is 69.8 Å². The van der Waals surface area contributed by atoms with E-state index in [9.17, 15) is 0 Å². The van der Waals surface area contributed by atoms with Crippen LogP contribution in [0.3, 0.4) is 0 Å². The summed E-state index contributed by atoms with van der Waals surface area (Å²) in [4.78, 5) is 0. The second kappa shape index (κ2) is 10.7. The van der Waals surface area contributed by atoms with Crippen LogP contribution in [0.25, 0.3) is 5.57 Å². The molecule has 4 rings (SSSR count). The van der Waals surface area contributed by atoms with Gasteiger partial charge in [0.2, 0.25) is 0 Å². The van der Waals surface area contributed by atoms with Crippen molar-refractivity contribution in [2.24, 2.45) is 0 Å². The fourth-order valence-corrected chi connectivity index (χ4v) is 4.24. The van der Waals surface area contributed by atoms with Gasteiger partial charge in [0.15, 0.2) is 0 Å². The van der Waals surface area contributed by atoms with Crippen LogP contribution in [0.2, 0.25) is 0 Å². The minimum atomic E-state index is 0. The number of allylic oxidation sites excluding steroid dienone is 2. The summed E-state index contributed by atoms with van der Waals surface area (Å²) in [6, 6.07) is 4.65. The topological polar surface area (TPSA) is 0 Å². The molecule has 2 aromatic rings. The van der Waals surface area contributed by atoms with Crippen LogP contribution in [-0.4, -0.2) is 0 Å². The maximum absolute atomic E-state index is 3.52. The average molecular weight is 527 g/mol. The van der Waals surface area contributed by atoms with E-state index in [1.807, 2.05) is 0 Å². The standard InChI is InChI=1S/C14H15.C10H15.2CH3.Hf/c1-2-10-6-8-12-9-7-11-4-3-5-13(11)14(10)12;1-6-7(2)9(4)10(5)8(6)3;;;/h7,9H,2-5,8H2,1H3;1-5H3;2*1H3;/q4*-1;+4. The third kappa shape index (κ3) is 4.78. The molecule has 2 aromatic carbocycles. The van der Waals surface area contributed by atoms with Crippen LogP contribution in [0, 0.1) is 55.5 Å². The van der Waals surface area contributed by atoms with Crippen LogP contribution in [0.5, 0.6) is 0 Å². The summed E-state index contributed by atoms with van der Waals surface area (Å²) in [6.07, 6.45) is 9.64. The molecule has 0 fully saturated rings. The summed E-state index contributed by atoms with van der Waals surface area (Å²) in [5, 5.41) is 0. The van der Waals surface area contributed by atoms with Gasteiger partial charge >= 0.3 is 25.8 Å². The van der Waals surface area contributed by atoms with E-state index in [1.165, 1.54) is 58.2 Å². The molecule has 0 radical (unpaired) electrons. The molecule has 0 unspecified atom stereocenters. The van der Waals surface area contributed by atoms with Gasteiger partial charge in [-0.15, -0.1) is 17.5 Å². The van der Waals surface area contributed by atoms with E-state index < -0.39 is 0 Å². The summed E-state index contributed by atoms with van der Waals surface area (Å²) in [5.74, 6) is 0. The second-order valence-electron chi connectivity index (χ2n) is 7.40. The fraction of sp³-hybridized carbons (Fsp3) is 0.423. The molecule has 0 saturated carbocycles. The molecule has 2 aliphatic rings. The zero-order valence-electron chi connectivity index (χ0n) is 18.7. The normalized spacial score (nSPS) is 13.2. The molecular weight excluding hydrogens is 491 g/mol. The molecule has 0 spiro atoms. The van der Waals surface area contributed by atoms with Gasteiger partial charge in [-0.2, -0.15) is 33.4 Å². The van der Waals surface area contributed by atoms with Gasteiger partial charge in [-0.1, -0.05) is 65.7 Å². The van der Waals surface area contributed by atoms with Crippen molar-refractivity contribution < 1.29 is 25.8 Å². The molecule has 2 aliphatic carbocycles. The van der Waals surface area contributed by atoms with Crippen LogP contribution in [0.15, 0.2) is 12.1 Å². The fourth-order valence-electron chi connectivity index (χ4n) is 4.24. The van der Waals surface area contributed by atoms with E-state index in [-0.39, 0.29) is 40.7 Å². The molecule has 0 atom stereocenters. The van der Waals surface area contributed by atoms with Crippen molar-refractivity contribution in [3.05, 3.63) is 83.1 Å². The zero-order chi connectivity index (χ0) is 17.4. The van der Waals surface area contributed by atoms with Gasteiger partial charge in [0.05, 0.1) is 0 Å². The van der Waals surface area contributed by atoms with E-state index in [0.29, 0.717) is 0 Å². The molecule has 27 heavy (non-hydrogen) atoms. The van der Waals surface area contributed by atoms with Crippen molar-refractivity contribution in [3.63, 3.8) is 0 Å². The van der Waals surface area contributed by atoms with E-state index >= 15 is 0 Å². The quantitative estimate of drug-likeness (QED) is 0.273. The van der Waals surface area contributed by atoms with Crippen LogP contribution < -0.4 is 0 Å². The first-order valence-corrected chi connectivity index (χ1v) is 9.39. The van der Waals surface area contributed by atoms with Gasteiger partial charge in [0, 0.05) is 0 Å². The largest absolute Gasteiger partial charge is 4.00 e. The second-order valence-corrected chi connectivity index (χ2v) is 7.40. The molecular formula is C26H36Hf. The third-order valence-electron chi connectivity index (χ3n) is 6.33. The van der Waals surface area contributed by atoms with Gasteiger partial charge in [-0.25, -0.2) is 5.57 Å². The Bertz CT molecular complexity index is 722. The molecule has 0 nitrogen and oxygen atoms in total. The maximum atomic E-state index is 3.52. The Morgan fingerprint density at radius 3 is 1.96 bits per heavy atom. The minimum Gasteiger partial charge on any atom is -0.358 e. The molecule has 0 aromatic heterocycles. The predicted octanol–water partition coefficient (Wildman–Crippen LogP) is 7.17. The first-order valence-electron chi connectivity index (χ1n) is 9.39. The zero-order valence-corrected chi connectivity index (χ0v) is 22.3. The smallest absolute Gasteiger partial charge is 0.358 e. The Morgan fingerprint density at radius 1 is 0.926 bits per heavy atom. The van der Waals surface area contributed by atoms with Crippen LogP contribution in [0.4, 0.5) is 0 Å².